The fraction of sp³-hybridized carbons (Fsp3) is 0.167. The zero-order chi connectivity index (χ0) is 14.9. The molecule has 20 heavy (non-hydrogen) atoms. The SMILES string of the molecule is COc1oc(-c2ccc(C(F)(F)F)cc2)nc1C(=O)O. The van der Waals surface area contributed by atoms with E-state index in [2.05, 4.69) is 4.98 Å². The highest BCUT2D eigenvalue weighted by Crippen LogP contribution is 2.32. The maximum atomic E-state index is 12.4. The van der Waals surface area contributed by atoms with Gasteiger partial charge in [0.25, 0.3) is 0 Å². The number of hydrogen-bond donors (Lipinski definition) is 1. The van der Waals surface area contributed by atoms with Crippen LogP contribution in [0.25, 0.3) is 11.5 Å². The van der Waals surface area contributed by atoms with Crippen LogP contribution in [0, 0.1) is 0 Å². The third kappa shape index (κ3) is 2.58. The second-order valence-corrected chi connectivity index (χ2v) is 3.74. The predicted octanol–water partition coefficient (Wildman–Crippen LogP) is 3.07. The molecule has 1 N–H and O–H groups in total. The number of carboxylic acid groups (broad SMARTS) is 1. The van der Waals surface area contributed by atoms with Gasteiger partial charge in [-0.05, 0) is 24.3 Å². The molecule has 106 valence electrons. The molecular formula is C12H8F3NO4. The smallest absolute Gasteiger partial charge is 0.416 e. The standard InChI is InChI=1S/C12H8F3NO4/c1-19-11-8(10(17)18)16-9(20-11)6-2-4-7(5-3-6)12(13,14)15/h2-5H,1H3,(H,17,18). The van der Waals surface area contributed by atoms with Crippen LogP contribution < -0.4 is 4.74 Å². The van der Waals surface area contributed by atoms with E-state index in [9.17, 15) is 18.0 Å². The quantitative estimate of drug-likeness (QED) is 0.939. The lowest BCUT2D eigenvalue weighted by molar-refractivity contribution is -0.137. The fourth-order valence-corrected chi connectivity index (χ4v) is 1.50. The number of methoxy groups -OCH3 is 1. The Balaban J connectivity index is 2.39. The van der Waals surface area contributed by atoms with Gasteiger partial charge in [-0.25, -0.2) is 4.79 Å². The minimum Gasteiger partial charge on any atom is -0.476 e. The van der Waals surface area contributed by atoms with E-state index in [1.807, 2.05) is 0 Å². The van der Waals surface area contributed by atoms with Crippen molar-refractivity contribution in [1.82, 2.24) is 4.98 Å². The molecule has 0 saturated heterocycles. The lowest BCUT2D eigenvalue weighted by atomic mass is 10.1. The number of oxazole rings is 1. The van der Waals surface area contributed by atoms with Crippen molar-refractivity contribution in [3.05, 3.63) is 35.5 Å². The molecule has 0 amide bonds. The third-order valence-electron chi connectivity index (χ3n) is 2.44. The molecule has 0 radical (unpaired) electrons. The molecule has 0 atom stereocenters. The second-order valence-electron chi connectivity index (χ2n) is 3.74. The van der Waals surface area contributed by atoms with Crippen LogP contribution in [0.5, 0.6) is 5.95 Å². The predicted molar refractivity (Wildman–Crippen MR) is 60.5 cm³/mol. The molecular weight excluding hydrogens is 279 g/mol. The number of nitrogens with zero attached hydrogens (tertiary/aromatic N) is 1. The highest BCUT2D eigenvalue weighted by Gasteiger charge is 2.30. The summed E-state index contributed by atoms with van der Waals surface area (Å²) >= 11 is 0. The molecule has 0 aliphatic carbocycles. The van der Waals surface area contributed by atoms with Crippen LogP contribution in [0.1, 0.15) is 16.1 Å². The molecule has 8 heteroatoms. The molecule has 2 rings (SSSR count). The van der Waals surface area contributed by atoms with Crippen molar-refractivity contribution in [2.45, 2.75) is 6.18 Å². The first-order chi connectivity index (χ1) is 9.32. The van der Waals surface area contributed by atoms with Gasteiger partial charge >= 0.3 is 18.1 Å². The van der Waals surface area contributed by atoms with Gasteiger partial charge in [0.2, 0.25) is 11.6 Å². The first-order valence-corrected chi connectivity index (χ1v) is 5.28. The van der Waals surface area contributed by atoms with Crippen molar-refractivity contribution in [2.75, 3.05) is 7.11 Å². The van der Waals surface area contributed by atoms with Crippen LogP contribution in [-0.2, 0) is 6.18 Å². The van der Waals surface area contributed by atoms with Gasteiger partial charge in [-0.15, -0.1) is 0 Å². The molecule has 2 aromatic rings. The summed E-state index contributed by atoms with van der Waals surface area (Å²) in [5.41, 5.74) is -1.05. The van der Waals surface area contributed by atoms with Crippen LogP contribution in [0.2, 0.25) is 0 Å². The van der Waals surface area contributed by atoms with Gasteiger partial charge < -0.3 is 14.3 Å². The monoisotopic (exact) mass is 287 g/mol. The molecule has 5 nitrogen and oxygen atoms in total. The number of aromatic carboxylic acids is 1. The van der Waals surface area contributed by atoms with Gasteiger partial charge in [0.05, 0.1) is 12.7 Å². The highest BCUT2D eigenvalue weighted by atomic mass is 19.4. The third-order valence-corrected chi connectivity index (χ3v) is 2.44. The summed E-state index contributed by atoms with van der Waals surface area (Å²) in [6.07, 6.45) is -4.45. The number of carboxylic acids is 1. The Labute approximate surface area is 110 Å². The number of rotatable bonds is 3. The summed E-state index contributed by atoms with van der Waals surface area (Å²) in [5, 5.41) is 8.86. The van der Waals surface area contributed by atoms with E-state index in [0.29, 0.717) is 0 Å². The number of ether oxygens (including phenoxy) is 1. The fourth-order valence-electron chi connectivity index (χ4n) is 1.50. The molecule has 0 aliphatic rings. The summed E-state index contributed by atoms with van der Waals surface area (Å²) in [5.74, 6) is -1.80. The van der Waals surface area contributed by atoms with Crippen molar-refractivity contribution >= 4 is 5.97 Å². The zero-order valence-corrected chi connectivity index (χ0v) is 10.1. The summed E-state index contributed by atoms with van der Waals surface area (Å²) in [4.78, 5) is 14.5. The van der Waals surface area contributed by atoms with Gasteiger partial charge in [-0.3, -0.25) is 0 Å². The number of benzene rings is 1. The van der Waals surface area contributed by atoms with Crippen LogP contribution in [0.4, 0.5) is 13.2 Å². The molecule has 0 unspecified atom stereocenters. The molecule has 1 aromatic carbocycles. The second kappa shape index (κ2) is 4.87. The van der Waals surface area contributed by atoms with E-state index >= 15 is 0 Å². The Morgan fingerprint density at radius 1 is 1.30 bits per heavy atom. The number of halogens is 3. The van der Waals surface area contributed by atoms with Crippen LogP contribution in [0.15, 0.2) is 28.7 Å². The zero-order valence-electron chi connectivity index (χ0n) is 10.1. The minimum atomic E-state index is -4.45. The Morgan fingerprint density at radius 2 is 1.90 bits per heavy atom. The van der Waals surface area contributed by atoms with E-state index in [1.54, 1.807) is 0 Å². The summed E-state index contributed by atoms with van der Waals surface area (Å²) in [6, 6.07) is 3.98. The van der Waals surface area contributed by atoms with E-state index in [4.69, 9.17) is 14.3 Å². The first-order valence-electron chi connectivity index (χ1n) is 5.28. The van der Waals surface area contributed by atoms with Crippen molar-refractivity contribution in [1.29, 1.82) is 0 Å². The lowest BCUT2D eigenvalue weighted by Crippen LogP contribution is -2.04. The molecule has 0 fully saturated rings. The van der Waals surface area contributed by atoms with Gasteiger partial charge in [0.1, 0.15) is 0 Å². The average Bonchev–Trinajstić information content (AvgIpc) is 2.82. The maximum Gasteiger partial charge on any atom is 0.416 e. The summed E-state index contributed by atoms with van der Waals surface area (Å²) in [7, 11) is 1.20. The number of hydrogen-bond acceptors (Lipinski definition) is 4. The summed E-state index contributed by atoms with van der Waals surface area (Å²) < 4.78 is 47.0. The van der Waals surface area contributed by atoms with Gasteiger partial charge in [0.15, 0.2) is 0 Å². The van der Waals surface area contributed by atoms with Crippen molar-refractivity contribution in [3.8, 4) is 17.4 Å². The highest BCUT2D eigenvalue weighted by molar-refractivity contribution is 5.88. The minimum absolute atomic E-state index is 0.132. The van der Waals surface area contributed by atoms with E-state index in [0.717, 1.165) is 24.3 Å². The van der Waals surface area contributed by atoms with Crippen LogP contribution in [0.3, 0.4) is 0 Å². The van der Waals surface area contributed by atoms with Crippen LogP contribution in [-0.4, -0.2) is 23.2 Å². The van der Waals surface area contributed by atoms with E-state index in [1.165, 1.54) is 7.11 Å². The number of carbonyl (C=O) groups is 1. The first kappa shape index (κ1) is 13.9. The van der Waals surface area contributed by atoms with Crippen molar-refractivity contribution in [2.24, 2.45) is 0 Å². The summed E-state index contributed by atoms with van der Waals surface area (Å²) in [6.45, 7) is 0. The lowest BCUT2D eigenvalue weighted by Gasteiger charge is -2.05. The maximum absolute atomic E-state index is 12.4. The Kier molecular flexibility index (Phi) is 3.39. The molecule has 0 bridgehead atoms. The van der Waals surface area contributed by atoms with Crippen molar-refractivity contribution < 1.29 is 32.2 Å². The molecule has 0 saturated carbocycles. The number of alkyl halides is 3. The number of aromatic nitrogens is 1. The molecule has 1 heterocycles. The van der Waals surface area contributed by atoms with E-state index < -0.39 is 23.4 Å². The van der Waals surface area contributed by atoms with Crippen molar-refractivity contribution in [3.63, 3.8) is 0 Å². The normalized spacial score (nSPS) is 11.4. The average molecular weight is 287 g/mol. The van der Waals surface area contributed by atoms with Gasteiger partial charge in [0, 0.05) is 5.56 Å². The largest absolute Gasteiger partial charge is 0.476 e. The van der Waals surface area contributed by atoms with Gasteiger partial charge in [-0.2, -0.15) is 18.2 Å². The van der Waals surface area contributed by atoms with Crippen LogP contribution >= 0.6 is 0 Å². The Bertz CT molecular complexity index is 631. The molecule has 1 aromatic heterocycles. The van der Waals surface area contributed by atoms with Gasteiger partial charge in [-0.1, -0.05) is 0 Å². The topological polar surface area (TPSA) is 72.6 Å². The Morgan fingerprint density at radius 3 is 2.30 bits per heavy atom. The Hall–Kier alpha value is -2.51. The molecule has 0 spiro atoms. The molecule has 0 aliphatic heterocycles. The van der Waals surface area contributed by atoms with E-state index in [-0.39, 0.29) is 17.4 Å².